The average Bonchev–Trinajstić information content (AvgIpc) is 2.59. The number of methoxy groups -OCH3 is 1. The number of rotatable bonds is 9. The number of carbonyl (C=O) groups excluding carboxylic acids is 1. The summed E-state index contributed by atoms with van der Waals surface area (Å²) in [6, 6.07) is 11.4. The van der Waals surface area contributed by atoms with Gasteiger partial charge in [-0.15, -0.1) is 0 Å². The van der Waals surface area contributed by atoms with E-state index in [-0.39, 0.29) is 5.91 Å². The minimum atomic E-state index is -0.170. The molecule has 0 unspecified atom stereocenters. The van der Waals surface area contributed by atoms with Crippen molar-refractivity contribution in [1.82, 2.24) is 10.3 Å². The van der Waals surface area contributed by atoms with Gasteiger partial charge in [-0.3, -0.25) is 4.79 Å². The summed E-state index contributed by atoms with van der Waals surface area (Å²) in [5, 5.41) is 6.84. The molecule has 0 atom stereocenters. The lowest BCUT2D eigenvalue weighted by Crippen LogP contribution is -2.26. The Balaban J connectivity index is 1.76. The molecule has 0 radical (unpaired) electrons. The molecule has 0 aliphatic rings. The first kappa shape index (κ1) is 18.2. The first-order valence-corrected chi connectivity index (χ1v) is 8.28. The molecule has 0 aliphatic heterocycles. The van der Waals surface area contributed by atoms with Gasteiger partial charge >= 0.3 is 0 Å². The van der Waals surface area contributed by atoms with Crippen LogP contribution in [0, 0.1) is 0 Å². The molecule has 0 bridgehead atoms. The molecule has 1 aromatic heterocycles. The highest BCUT2D eigenvalue weighted by Crippen LogP contribution is 2.12. The van der Waals surface area contributed by atoms with Gasteiger partial charge in [0.15, 0.2) is 0 Å². The zero-order valence-electron chi connectivity index (χ0n) is 13.7. The molecular weight excluding hydrogens is 326 g/mol. The molecule has 0 fully saturated rings. The lowest BCUT2D eigenvalue weighted by Gasteiger charge is -2.08. The number of carbonyl (C=O) groups is 1. The highest BCUT2D eigenvalue weighted by atomic mass is 35.5. The van der Waals surface area contributed by atoms with Crippen LogP contribution >= 0.6 is 11.6 Å². The van der Waals surface area contributed by atoms with Crippen molar-refractivity contribution in [3.05, 3.63) is 58.9 Å². The Labute approximate surface area is 147 Å². The average molecular weight is 348 g/mol. The van der Waals surface area contributed by atoms with E-state index >= 15 is 0 Å². The maximum Gasteiger partial charge on any atom is 0.269 e. The Kier molecular flexibility index (Phi) is 7.52. The molecule has 0 aliphatic carbocycles. The van der Waals surface area contributed by atoms with E-state index in [0.29, 0.717) is 18.8 Å². The van der Waals surface area contributed by atoms with Crippen molar-refractivity contribution in [2.45, 2.75) is 12.8 Å². The number of nitrogens with zero attached hydrogens (tertiary/aromatic N) is 1. The van der Waals surface area contributed by atoms with Crippen LogP contribution in [0.5, 0.6) is 0 Å². The number of hydrogen-bond donors (Lipinski definition) is 2. The minimum Gasteiger partial charge on any atom is -0.385 e. The van der Waals surface area contributed by atoms with Crippen LogP contribution in [0.4, 0.5) is 5.69 Å². The molecule has 5 nitrogen and oxygen atoms in total. The van der Waals surface area contributed by atoms with Gasteiger partial charge < -0.3 is 15.4 Å². The highest BCUT2D eigenvalue weighted by molar-refractivity contribution is 6.30. The molecule has 0 spiro atoms. The van der Waals surface area contributed by atoms with E-state index in [2.05, 4.69) is 15.6 Å². The molecule has 1 amide bonds. The van der Waals surface area contributed by atoms with Gasteiger partial charge in [-0.2, -0.15) is 0 Å². The summed E-state index contributed by atoms with van der Waals surface area (Å²) >= 11 is 5.97. The molecule has 2 rings (SSSR count). The molecule has 2 N–H and O–H groups in total. The fourth-order valence-corrected chi connectivity index (χ4v) is 2.40. The smallest absolute Gasteiger partial charge is 0.269 e. The first-order valence-electron chi connectivity index (χ1n) is 7.90. The second kappa shape index (κ2) is 9.90. The van der Waals surface area contributed by atoms with Crippen molar-refractivity contribution in [3.8, 4) is 0 Å². The summed E-state index contributed by atoms with van der Waals surface area (Å²) in [6.07, 6.45) is 3.32. The highest BCUT2D eigenvalue weighted by Gasteiger charge is 2.06. The van der Waals surface area contributed by atoms with E-state index in [1.165, 1.54) is 5.56 Å². The molecule has 1 aromatic carbocycles. The molecule has 0 saturated carbocycles. The molecule has 2 aromatic rings. The van der Waals surface area contributed by atoms with Gasteiger partial charge in [-0.05, 0) is 42.7 Å². The standard InChI is InChI=1S/C18H22ClN3O2/c1-24-11-3-9-21-18(23)17-7-6-16(13-22-17)20-10-8-14-4-2-5-15(19)12-14/h2,4-7,12-13,20H,3,8-11H2,1H3,(H,21,23). The number of nitrogens with one attached hydrogen (secondary N) is 2. The number of anilines is 1. The molecule has 24 heavy (non-hydrogen) atoms. The van der Waals surface area contributed by atoms with Crippen LogP contribution in [0.2, 0.25) is 5.02 Å². The van der Waals surface area contributed by atoms with Crippen LogP contribution in [0.3, 0.4) is 0 Å². The first-order chi connectivity index (χ1) is 11.7. The van der Waals surface area contributed by atoms with Crippen LogP contribution < -0.4 is 10.6 Å². The van der Waals surface area contributed by atoms with Crippen molar-refractivity contribution >= 4 is 23.2 Å². The number of halogens is 1. The molecular formula is C18H22ClN3O2. The fraction of sp³-hybridized carbons (Fsp3) is 0.333. The van der Waals surface area contributed by atoms with E-state index < -0.39 is 0 Å². The SMILES string of the molecule is COCCCNC(=O)c1ccc(NCCc2cccc(Cl)c2)cn1. The Morgan fingerprint density at radius 2 is 2.12 bits per heavy atom. The number of amides is 1. The zero-order chi connectivity index (χ0) is 17.2. The van der Waals surface area contributed by atoms with Crippen molar-refractivity contribution in [3.63, 3.8) is 0 Å². The van der Waals surface area contributed by atoms with Crippen LogP contribution in [0.1, 0.15) is 22.5 Å². The van der Waals surface area contributed by atoms with Gasteiger partial charge in [0.2, 0.25) is 0 Å². The van der Waals surface area contributed by atoms with Crippen molar-refractivity contribution in [1.29, 1.82) is 0 Å². The summed E-state index contributed by atoms with van der Waals surface area (Å²) in [7, 11) is 1.64. The lowest BCUT2D eigenvalue weighted by atomic mass is 10.1. The van der Waals surface area contributed by atoms with E-state index in [1.807, 2.05) is 30.3 Å². The van der Waals surface area contributed by atoms with Gasteiger partial charge in [0, 0.05) is 31.8 Å². The quantitative estimate of drug-likeness (QED) is 0.684. The number of hydrogen-bond acceptors (Lipinski definition) is 4. The van der Waals surface area contributed by atoms with Gasteiger partial charge in [-0.25, -0.2) is 4.98 Å². The summed E-state index contributed by atoms with van der Waals surface area (Å²) in [4.78, 5) is 16.1. The maximum atomic E-state index is 11.9. The summed E-state index contributed by atoms with van der Waals surface area (Å²) in [5.74, 6) is -0.170. The number of pyridine rings is 1. The second-order valence-corrected chi connectivity index (χ2v) is 5.78. The minimum absolute atomic E-state index is 0.170. The summed E-state index contributed by atoms with van der Waals surface area (Å²) in [6.45, 7) is 1.97. The Bertz CT molecular complexity index is 647. The van der Waals surface area contributed by atoms with Crippen LogP contribution in [-0.2, 0) is 11.2 Å². The molecule has 128 valence electrons. The maximum absolute atomic E-state index is 11.9. The third-order valence-electron chi connectivity index (χ3n) is 3.44. The largest absolute Gasteiger partial charge is 0.385 e. The number of aromatic nitrogens is 1. The monoisotopic (exact) mass is 347 g/mol. The number of ether oxygens (including phenoxy) is 1. The normalized spacial score (nSPS) is 10.4. The van der Waals surface area contributed by atoms with E-state index in [1.54, 1.807) is 19.4 Å². The van der Waals surface area contributed by atoms with Gasteiger partial charge in [0.1, 0.15) is 5.69 Å². The predicted molar refractivity (Wildman–Crippen MR) is 96.7 cm³/mol. The van der Waals surface area contributed by atoms with Crippen molar-refractivity contribution in [2.24, 2.45) is 0 Å². The fourth-order valence-electron chi connectivity index (χ4n) is 2.19. The van der Waals surface area contributed by atoms with Gasteiger partial charge in [0.05, 0.1) is 11.9 Å². The summed E-state index contributed by atoms with van der Waals surface area (Å²) in [5.41, 5.74) is 2.47. The van der Waals surface area contributed by atoms with Gasteiger partial charge in [0.25, 0.3) is 5.91 Å². The molecule has 6 heteroatoms. The Morgan fingerprint density at radius 1 is 1.25 bits per heavy atom. The third-order valence-corrected chi connectivity index (χ3v) is 3.67. The second-order valence-electron chi connectivity index (χ2n) is 5.34. The molecule has 0 saturated heterocycles. The van der Waals surface area contributed by atoms with E-state index in [4.69, 9.17) is 16.3 Å². The Morgan fingerprint density at radius 3 is 2.83 bits per heavy atom. The van der Waals surface area contributed by atoms with Gasteiger partial charge in [-0.1, -0.05) is 23.7 Å². The zero-order valence-corrected chi connectivity index (χ0v) is 14.5. The van der Waals surface area contributed by atoms with Crippen LogP contribution in [0.25, 0.3) is 0 Å². The van der Waals surface area contributed by atoms with Crippen LogP contribution in [0.15, 0.2) is 42.6 Å². The lowest BCUT2D eigenvalue weighted by molar-refractivity contribution is 0.0943. The topological polar surface area (TPSA) is 63.2 Å². The number of benzene rings is 1. The third kappa shape index (κ3) is 6.18. The van der Waals surface area contributed by atoms with Crippen LogP contribution in [-0.4, -0.2) is 37.7 Å². The van der Waals surface area contributed by atoms with E-state index in [0.717, 1.165) is 30.1 Å². The van der Waals surface area contributed by atoms with Crippen molar-refractivity contribution < 1.29 is 9.53 Å². The predicted octanol–water partition coefficient (Wildman–Crippen LogP) is 3.16. The Hall–Kier alpha value is -2.11. The van der Waals surface area contributed by atoms with Crippen molar-refractivity contribution in [2.75, 3.05) is 32.1 Å². The molecule has 1 heterocycles. The summed E-state index contributed by atoms with van der Waals surface area (Å²) < 4.78 is 4.94. The van der Waals surface area contributed by atoms with E-state index in [9.17, 15) is 4.79 Å².